The quantitative estimate of drug-likeness (QED) is 0.923. The van der Waals surface area contributed by atoms with Crippen LogP contribution in [0.15, 0.2) is 35.1 Å². The van der Waals surface area contributed by atoms with Crippen molar-refractivity contribution in [2.75, 3.05) is 0 Å². The zero-order valence-corrected chi connectivity index (χ0v) is 13.5. The number of hydrogen-bond acceptors (Lipinski definition) is 3. The van der Waals surface area contributed by atoms with Crippen LogP contribution >= 0.6 is 15.9 Å². The van der Waals surface area contributed by atoms with Crippen LogP contribution in [0.5, 0.6) is 0 Å². The van der Waals surface area contributed by atoms with E-state index in [2.05, 4.69) is 43.6 Å². The molecule has 0 radical (unpaired) electrons. The lowest BCUT2D eigenvalue weighted by atomic mass is 10.1. The van der Waals surface area contributed by atoms with Gasteiger partial charge in [0.25, 0.3) is 0 Å². The number of benzene rings is 1. The second kappa shape index (κ2) is 5.60. The van der Waals surface area contributed by atoms with Gasteiger partial charge in [0.2, 0.25) is 5.91 Å². The fourth-order valence-corrected chi connectivity index (χ4v) is 3.08. The normalized spacial score (nSPS) is 21.9. The van der Waals surface area contributed by atoms with Crippen molar-refractivity contribution in [3.63, 3.8) is 0 Å². The van der Waals surface area contributed by atoms with Crippen molar-refractivity contribution < 1.29 is 4.79 Å². The van der Waals surface area contributed by atoms with Gasteiger partial charge in [-0.1, -0.05) is 28.1 Å². The van der Waals surface area contributed by atoms with E-state index in [4.69, 9.17) is 0 Å². The van der Waals surface area contributed by atoms with Gasteiger partial charge in [-0.25, -0.2) is 0 Å². The Kier molecular flexibility index (Phi) is 3.80. The highest BCUT2D eigenvalue weighted by molar-refractivity contribution is 9.10. The number of rotatable bonds is 4. The van der Waals surface area contributed by atoms with Gasteiger partial charge in [-0.3, -0.25) is 4.79 Å². The van der Waals surface area contributed by atoms with Gasteiger partial charge in [-0.15, -0.1) is 10.2 Å². The van der Waals surface area contributed by atoms with Crippen LogP contribution in [0.1, 0.15) is 36.7 Å². The van der Waals surface area contributed by atoms with Crippen LogP contribution < -0.4 is 5.32 Å². The Hall–Kier alpha value is -1.69. The first-order valence-electron chi connectivity index (χ1n) is 6.96. The van der Waals surface area contributed by atoms with Crippen LogP contribution in [0.2, 0.25) is 0 Å². The number of carbonyl (C=O) groups excluding carboxylic acids is 1. The molecule has 3 atom stereocenters. The maximum atomic E-state index is 12.3. The van der Waals surface area contributed by atoms with E-state index in [1.54, 1.807) is 6.33 Å². The maximum Gasteiger partial charge on any atom is 0.224 e. The zero-order valence-electron chi connectivity index (χ0n) is 12.0. The molecule has 1 aromatic carbocycles. The number of carbonyl (C=O) groups is 1. The summed E-state index contributed by atoms with van der Waals surface area (Å²) in [6.07, 6.45) is 2.55. The monoisotopic (exact) mass is 348 g/mol. The summed E-state index contributed by atoms with van der Waals surface area (Å²) in [4.78, 5) is 12.3. The summed E-state index contributed by atoms with van der Waals surface area (Å²) in [5.41, 5.74) is 1.22. The smallest absolute Gasteiger partial charge is 0.224 e. The Labute approximate surface area is 131 Å². The Bertz CT molecular complexity index is 669. The van der Waals surface area contributed by atoms with Gasteiger partial charge < -0.3 is 9.88 Å². The predicted octanol–water partition coefficient (Wildman–Crippen LogP) is 2.56. The van der Waals surface area contributed by atoms with Crippen LogP contribution in [-0.2, 0) is 11.8 Å². The zero-order chi connectivity index (χ0) is 15.0. The molecule has 1 amide bonds. The average molecular weight is 349 g/mol. The standard InChI is InChI=1S/C15H17BrN4O/c1-9(14-19-17-8-20(14)2)18-15(21)13-7-12(13)10-4-3-5-11(16)6-10/h3-6,8-9,12-13H,7H2,1-2H3,(H,18,21)/t9-,12-,13+/m0/s1. The number of hydrogen-bond donors (Lipinski definition) is 1. The van der Waals surface area contributed by atoms with E-state index in [0.717, 1.165) is 16.7 Å². The summed E-state index contributed by atoms with van der Waals surface area (Å²) in [6.45, 7) is 1.93. The van der Waals surface area contributed by atoms with E-state index in [1.807, 2.05) is 30.7 Å². The van der Waals surface area contributed by atoms with Gasteiger partial charge in [-0.05, 0) is 37.0 Å². The van der Waals surface area contributed by atoms with Gasteiger partial charge in [0.15, 0.2) is 5.82 Å². The molecule has 1 aliphatic rings. The molecular weight excluding hydrogens is 332 g/mol. The van der Waals surface area contributed by atoms with E-state index < -0.39 is 0 Å². The third-order valence-electron chi connectivity index (χ3n) is 3.90. The maximum absolute atomic E-state index is 12.3. The van der Waals surface area contributed by atoms with Gasteiger partial charge in [0.1, 0.15) is 6.33 Å². The molecule has 1 aliphatic carbocycles. The average Bonchev–Trinajstić information content (AvgIpc) is 3.14. The Morgan fingerprint density at radius 2 is 2.33 bits per heavy atom. The van der Waals surface area contributed by atoms with Crippen molar-refractivity contribution in [3.05, 3.63) is 46.5 Å². The fourth-order valence-electron chi connectivity index (χ4n) is 2.66. The van der Waals surface area contributed by atoms with E-state index in [1.165, 1.54) is 5.56 Å². The molecule has 1 fully saturated rings. The lowest BCUT2D eigenvalue weighted by molar-refractivity contribution is -0.123. The lowest BCUT2D eigenvalue weighted by Crippen LogP contribution is -2.30. The molecular formula is C15H17BrN4O. The van der Waals surface area contributed by atoms with Crippen LogP contribution in [0.25, 0.3) is 0 Å². The highest BCUT2D eigenvalue weighted by Gasteiger charge is 2.44. The number of aryl methyl sites for hydroxylation is 1. The molecule has 1 saturated carbocycles. The van der Waals surface area contributed by atoms with E-state index in [-0.39, 0.29) is 17.9 Å². The van der Waals surface area contributed by atoms with Gasteiger partial charge >= 0.3 is 0 Å². The van der Waals surface area contributed by atoms with Gasteiger partial charge in [-0.2, -0.15) is 0 Å². The molecule has 1 heterocycles. The minimum absolute atomic E-state index is 0.0648. The van der Waals surface area contributed by atoms with Crippen molar-refractivity contribution in [3.8, 4) is 0 Å². The first-order valence-corrected chi connectivity index (χ1v) is 7.75. The Morgan fingerprint density at radius 1 is 1.52 bits per heavy atom. The molecule has 110 valence electrons. The summed E-state index contributed by atoms with van der Waals surface area (Å²) in [5.74, 6) is 1.25. The van der Waals surface area contributed by atoms with E-state index >= 15 is 0 Å². The van der Waals surface area contributed by atoms with Crippen LogP contribution in [0.4, 0.5) is 0 Å². The Balaban J connectivity index is 1.62. The van der Waals surface area contributed by atoms with Crippen molar-refractivity contribution in [2.24, 2.45) is 13.0 Å². The molecule has 0 saturated heterocycles. The molecule has 6 heteroatoms. The summed E-state index contributed by atoms with van der Waals surface area (Å²) >= 11 is 3.47. The van der Waals surface area contributed by atoms with Crippen LogP contribution in [-0.4, -0.2) is 20.7 Å². The first kappa shape index (κ1) is 14.3. The van der Waals surface area contributed by atoms with Crippen molar-refractivity contribution >= 4 is 21.8 Å². The second-order valence-corrected chi connectivity index (χ2v) is 6.45. The van der Waals surface area contributed by atoms with E-state index in [9.17, 15) is 4.79 Å². The summed E-state index contributed by atoms with van der Waals surface area (Å²) < 4.78 is 2.88. The van der Waals surface area contributed by atoms with Crippen LogP contribution in [0.3, 0.4) is 0 Å². The fraction of sp³-hybridized carbons (Fsp3) is 0.400. The predicted molar refractivity (Wildman–Crippen MR) is 82.6 cm³/mol. The highest BCUT2D eigenvalue weighted by Crippen LogP contribution is 2.48. The minimum Gasteiger partial charge on any atom is -0.346 e. The number of aromatic nitrogens is 3. The summed E-state index contributed by atoms with van der Waals surface area (Å²) in [5, 5.41) is 10.9. The molecule has 2 aromatic rings. The molecule has 5 nitrogen and oxygen atoms in total. The SMILES string of the molecule is C[C@H](NC(=O)[C@@H]1C[C@H]1c1cccc(Br)c1)c1nncn1C. The molecule has 1 N–H and O–H groups in total. The molecule has 3 rings (SSSR count). The lowest BCUT2D eigenvalue weighted by Gasteiger charge is -2.13. The third kappa shape index (κ3) is 3.00. The van der Waals surface area contributed by atoms with Crippen molar-refractivity contribution in [2.45, 2.75) is 25.3 Å². The van der Waals surface area contributed by atoms with Gasteiger partial charge in [0, 0.05) is 17.4 Å². The van der Waals surface area contributed by atoms with Gasteiger partial charge in [0.05, 0.1) is 6.04 Å². The summed E-state index contributed by atoms with van der Waals surface area (Å²) in [7, 11) is 1.87. The van der Waals surface area contributed by atoms with E-state index in [0.29, 0.717) is 5.92 Å². The number of amides is 1. The van der Waals surface area contributed by atoms with Crippen molar-refractivity contribution in [1.82, 2.24) is 20.1 Å². The molecule has 0 spiro atoms. The molecule has 0 unspecified atom stereocenters. The topological polar surface area (TPSA) is 59.8 Å². The van der Waals surface area contributed by atoms with Crippen molar-refractivity contribution in [1.29, 1.82) is 0 Å². The Morgan fingerprint density at radius 3 is 3.00 bits per heavy atom. The number of halogens is 1. The first-order chi connectivity index (χ1) is 10.1. The molecule has 1 aromatic heterocycles. The number of nitrogens with one attached hydrogen (secondary N) is 1. The largest absolute Gasteiger partial charge is 0.346 e. The number of nitrogens with zero attached hydrogens (tertiary/aromatic N) is 3. The highest BCUT2D eigenvalue weighted by atomic mass is 79.9. The third-order valence-corrected chi connectivity index (χ3v) is 4.39. The minimum atomic E-state index is -0.131. The molecule has 21 heavy (non-hydrogen) atoms. The molecule has 0 bridgehead atoms. The summed E-state index contributed by atoms with van der Waals surface area (Å²) in [6, 6.07) is 8.04. The molecule has 0 aliphatic heterocycles. The second-order valence-electron chi connectivity index (χ2n) is 5.53. The van der Waals surface area contributed by atoms with Crippen LogP contribution in [0, 0.1) is 5.92 Å².